The van der Waals surface area contributed by atoms with Gasteiger partial charge < -0.3 is 15.2 Å². The largest absolute Gasteiger partial charge is 0.352 e. The number of amides is 1. The van der Waals surface area contributed by atoms with Crippen LogP contribution in [0.2, 0.25) is 0 Å². The zero-order valence-corrected chi connectivity index (χ0v) is 20.5. The number of aromatic amines is 1. The molecular formula is C26H31N4O4S+. The van der Waals surface area contributed by atoms with Gasteiger partial charge in [-0.3, -0.25) is 9.59 Å². The number of pyridine rings is 1. The number of carbonyl (C=O) groups excluding carboxylic acids is 1. The molecule has 3 aromatic rings. The maximum Gasteiger partial charge on any atom is 0.252 e. The zero-order chi connectivity index (χ0) is 24.4. The number of hydrogen-bond donors (Lipinski definition) is 3. The average molecular weight is 496 g/mol. The van der Waals surface area contributed by atoms with Crippen molar-refractivity contribution in [3.8, 4) is 0 Å². The third-order valence-electron chi connectivity index (χ3n) is 7.06. The lowest BCUT2D eigenvalue weighted by atomic mass is 10.00. The molecule has 3 heterocycles. The maximum absolute atomic E-state index is 13.0. The van der Waals surface area contributed by atoms with E-state index in [4.69, 9.17) is 0 Å². The van der Waals surface area contributed by atoms with E-state index >= 15 is 0 Å². The van der Waals surface area contributed by atoms with E-state index in [1.54, 1.807) is 6.07 Å². The molecule has 184 valence electrons. The number of carbonyl (C=O) groups is 1. The van der Waals surface area contributed by atoms with E-state index in [0.29, 0.717) is 30.5 Å². The molecule has 1 fully saturated rings. The third-order valence-corrected chi connectivity index (χ3v) is 8.96. The topological polar surface area (TPSA) is 104 Å². The van der Waals surface area contributed by atoms with Crippen molar-refractivity contribution < 1.29 is 18.1 Å². The van der Waals surface area contributed by atoms with E-state index in [1.165, 1.54) is 38.5 Å². The zero-order valence-electron chi connectivity index (χ0n) is 19.7. The minimum Gasteiger partial charge on any atom is -0.352 e. The number of rotatable bonds is 7. The molecule has 9 heteroatoms. The fourth-order valence-corrected chi connectivity index (χ4v) is 6.69. The van der Waals surface area contributed by atoms with Gasteiger partial charge in [0.15, 0.2) is 0 Å². The first-order chi connectivity index (χ1) is 16.9. The molecule has 2 aliphatic heterocycles. The van der Waals surface area contributed by atoms with E-state index < -0.39 is 15.6 Å². The van der Waals surface area contributed by atoms with Crippen LogP contribution in [0.5, 0.6) is 0 Å². The Hall–Kier alpha value is -3.01. The summed E-state index contributed by atoms with van der Waals surface area (Å²) in [5, 5.41) is 3.36. The molecule has 1 unspecified atom stereocenters. The monoisotopic (exact) mass is 495 g/mol. The highest BCUT2D eigenvalue weighted by Gasteiger charge is 2.28. The van der Waals surface area contributed by atoms with Crippen LogP contribution in [0, 0.1) is 0 Å². The van der Waals surface area contributed by atoms with Crippen LogP contribution in [0.3, 0.4) is 0 Å². The fraction of sp³-hybridized carbons (Fsp3) is 0.385. The summed E-state index contributed by atoms with van der Waals surface area (Å²) in [5.41, 5.74) is 3.07. The molecule has 1 amide bonds. The van der Waals surface area contributed by atoms with Gasteiger partial charge in [0.1, 0.15) is 6.54 Å². The second-order valence-corrected chi connectivity index (χ2v) is 11.4. The summed E-state index contributed by atoms with van der Waals surface area (Å²) in [6.07, 6.45) is 3.58. The molecule has 1 aromatic heterocycles. The van der Waals surface area contributed by atoms with Gasteiger partial charge in [-0.2, -0.15) is 4.31 Å². The Morgan fingerprint density at radius 3 is 2.63 bits per heavy atom. The first-order valence-corrected chi connectivity index (χ1v) is 13.7. The average Bonchev–Trinajstić information content (AvgIpc) is 3.42. The van der Waals surface area contributed by atoms with Crippen molar-refractivity contribution in [1.82, 2.24) is 14.6 Å². The van der Waals surface area contributed by atoms with Crippen LogP contribution in [0.1, 0.15) is 40.7 Å². The maximum atomic E-state index is 13.0. The van der Waals surface area contributed by atoms with Gasteiger partial charge in [0.2, 0.25) is 15.6 Å². The number of sulfonamides is 1. The van der Waals surface area contributed by atoms with Gasteiger partial charge in [-0.05, 0) is 36.6 Å². The summed E-state index contributed by atoms with van der Waals surface area (Å²) in [7, 11) is -3.63. The molecule has 35 heavy (non-hydrogen) atoms. The van der Waals surface area contributed by atoms with Gasteiger partial charge >= 0.3 is 0 Å². The molecule has 1 saturated heterocycles. The Kier molecular flexibility index (Phi) is 6.73. The molecule has 0 saturated carbocycles. The number of H-pyrrole nitrogens is 1. The Bertz CT molecular complexity index is 1410. The Morgan fingerprint density at radius 1 is 1.06 bits per heavy atom. The smallest absolute Gasteiger partial charge is 0.252 e. The van der Waals surface area contributed by atoms with E-state index in [2.05, 4.69) is 34.6 Å². The first kappa shape index (κ1) is 23.7. The molecule has 0 bridgehead atoms. The van der Waals surface area contributed by atoms with Gasteiger partial charge in [0.05, 0.1) is 23.5 Å². The summed E-state index contributed by atoms with van der Waals surface area (Å²) in [6.45, 7) is 4.52. The lowest BCUT2D eigenvalue weighted by Crippen LogP contribution is -3.11. The molecule has 2 aromatic carbocycles. The molecule has 1 atom stereocenters. The number of nitrogens with zero attached hydrogens (tertiary/aromatic N) is 1. The van der Waals surface area contributed by atoms with Crippen LogP contribution in [0.25, 0.3) is 10.9 Å². The van der Waals surface area contributed by atoms with Crippen molar-refractivity contribution in [2.45, 2.75) is 37.1 Å². The highest BCUT2D eigenvalue weighted by Crippen LogP contribution is 2.25. The van der Waals surface area contributed by atoms with Crippen molar-refractivity contribution in [1.29, 1.82) is 0 Å². The van der Waals surface area contributed by atoms with E-state index in [0.717, 1.165) is 45.3 Å². The number of fused-ring (bicyclic) bond motifs is 2. The van der Waals surface area contributed by atoms with Gasteiger partial charge in [-0.15, -0.1) is 0 Å². The van der Waals surface area contributed by atoms with Crippen molar-refractivity contribution in [2.75, 3.05) is 32.7 Å². The molecule has 2 aliphatic rings. The van der Waals surface area contributed by atoms with Crippen molar-refractivity contribution in [3.63, 3.8) is 0 Å². The molecule has 3 N–H and O–H groups in total. The Labute approximate surface area is 205 Å². The number of hydrogen-bond acceptors (Lipinski definition) is 4. The predicted molar refractivity (Wildman–Crippen MR) is 134 cm³/mol. The normalized spacial score (nSPS) is 18.5. The van der Waals surface area contributed by atoms with Gasteiger partial charge in [-0.25, -0.2) is 8.42 Å². The molecule has 0 radical (unpaired) electrons. The van der Waals surface area contributed by atoms with Gasteiger partial charge in [0.25, 0.3) is 5.91 Å². The summed E-state index contributed by atoms with van der Waals surface area (Å²) < 4.78 is 27.5. The van der Waals surface area contributed by atoms with E-state index in [-0.39, 0.29) is 16.4 Å². The lowest BCUT2D eigenvalue weighted by Gasteiger charge is -2.25. The second-order valence-electron chi connectivity index (χ2n) is 9.42. The summed E-state index contributed by atoms with van der Waals surface area (Å²) >= 11 is 0. The van der Waals surface area contributed by atoms with Crippen molar-refractivity contribution >= 4 is 26.8 Å². The van der Waals surface area contributed by atoms with E-state index in [9.17, 15) is 18.0 Å². The van der Waals surface area contributed by atoms with Gasteiger partial charge in [-0.1, -0.05) is 24.3 Å². The van der Waals surface area contributed by atoms with Crippen LogP contribution in [-0.4, -0.2) is 56.3 Å². The molecule has 0 aliphatic carbocycles. The molecule has 8 nitrogen and oxygen atoms in total. The standard InChI is InChI=1S/C26H30N4O4S/c31-25-17-23(22-16-21(8-9-24(22)28-25)35(33,34)30-13-3-4-14-30)26(32)27-11-5-12-29-15-10-19-6-1-2-7-20(19)18-29/h1-2,6-9,16-17H,3-5,10-15,18H2,(H,27,32)(H,28,31)/p+1. The number of aromatic nitrogens is 1. The number of quaternary nitrogens is 1. The number of nitrogens with one attached hydrogen (secondary N) is 3. The highest BCUT2D eigenvalue weighted by atomic mass is 32.2. The summed E-state index contributed by atoms with van der Waals surface area (Å²) in [5.74, 6) is -0.365. The van der Waals surface area contributed by atoms with Crippen LogP contribution in [0.15, 0.2) is 58.2 Å². The molecule has 5 rings (SSSR count). The number of benzene rings is 2. The van der Waals surface area contributed by atoms with Crippen molar-refractivity contribution in [3.05, 3.63) is 75.6 Å². The highest BCUT2D eigenvalue weighted by molar-refractivity contribution is 7.89. The van der Waals surface area contributed by atoms with Crippen LogP contribution in [-0.2, 0) is 23.0 Å². The fourth-order valence-electron chi connectivity index (χ4n) is 5.15. The van der Waals surface area contributed by atoms with Gasteiger partial charge in [0, 0.05) is 55.0 Å². The lowest BCUT2D eigenvalue weighted by molar-refractivity contribution is -0.916. The molecule has 0 spiro atoms. The third kappa shape index (κ3) is 5.03. The van der Waals surface area contributed by atoms with Crippen LogP contribution in [0.4, 0.5) is 0 Å². The van der Waals surface area contributed by atoms with E-state index in [1.807, 2.05) is 0 Å². The predicted octanol–water partition coefficient (Wildman–Crippen LogP) is 1.07. The Balaban J connectivity index is 1.27. The van der Waals surface area contributed by atoms with Crippen LogP contribution >= 0.6 is 0 Å². The SMILES string of the molecule is O=C(NCCC[NH+]1CCc2ccccc2C1)c1cc(=O)[nH]c2ccc(S(=O)(=O)N3CCCC3)cc12. The summed E-state index contributed by atoms with van der Waals surface area (Å²) in [4.78, 5) is 29.5. The minimum atomic E-state index is -3.63. The quantitative estimate of drug-likeness (QED) is 0.427. The second kappa shape index (κ2) is 9.93. The first-order valence-electron chi connectivity index (χ1n) is 12.3. The molecular weight excluding hydrogens is 464 g/mol. The van der Waals surface area contributed by atoms with Crippen LogP contribution < -0.4 is 15.8 Å². The Morgan fingerprint density at radius 2 is 1.83 bits per heavy atom. The minimum absolute atomic E-state index is 0.141. The van der Waals surface area contributed by atoms with Crippen molar-refractivity contribution in [2.24, 2.45) is 0 Å². The summed E-state index contributed by atoms with van der Waals surface area (Å²) in [6, 6.07) is 14.4.